The molecule has 0 saturated heterocycles. The molecule has 0 aromatic heterocycles. The van der Waals surface area contributed by atoms with E-state index < -0.39 is 10.8 Å². The largest absolute Gasteiger partial charge is 0.482 e. The van der Waals surface area contributed by atoms with Crippen LogP contribution in [-0.2, 0) is 4.79 Å². The van der Waals surface area contributed by atoms with Crippen molar-refractivity contribution in [1.82, 2.24) is 0 Å². The van der Waals surface area contributed by atoms with Crippen LogP contribution in [0.5, 0.6) is 5.75 Å². The number of nitrogens with zero attached hydrogens (tertiary/aromatic N) is 1. The molecule has 0 aliphatic rings. The van der Waals surface area contributed by atoms with Crippen molar-refractivity contribution in [2.45, 2.75) is 0 Å². The zero-order valence-corrected chi connectivity index (χ0v) is 13.7. The van der Waals surface area contributed by atoms with Crippen molar-refractivity contribution in [2.75, 3.05) is 11.9 Å². The first-order valence-corrected chi connectivity index (χ1v) is 7.32. The van der Waals surface area contributed by atoms with E-state index in [0.29, 0.717) is 5.02 Å². The Morgan fingerprint density at radius 2 is 1.91 bits per heavy atom. The molecule has 120 valence electrons. The molecule has 2 rings (SSSR count). The SMILES string of the molecule is O=C(COc1cccc(Cl)c1Cl)Nc1cc([N+](=O)[O-])ccc1Cl. The van der Waals surface area contributed by atoms with Crippen LogP contribution in [0, 0.1) is 10.1 Å². The first-order valence-electron chi connectivity index (χ1n) is 6.19. The fourth-order valence-electron chi connectivity index (χ4n) is 1.65. The zero-order chi connectivity index (χ0) is 17.0. The molecular formula is C14H9Cl3N2O4. The molecule has 9 heteroatoms. The van der Waals surface area contributed by atoms with Crippen molar-refractivity contribution >= 4 is 52.1 Å². The molecule has 6 nitrogen and oxygen atoms in total. The third-order valence-corrected chi connectivity index (χ3v) is 3.84. The van der Waals surface area contributed by atoms with E-state index in [1.54, 1.807) is 18.2 Å². The average Bonchev–Trinajstić information content (AvgIpc) is 2.50. The smallest absolute Gasteiger partial charge is 0.271 e. The number of ether oxygens (including phenoxy) is 1. The lowest BCUT2D eigenvalue weighted by Crippen LogP contribution is -2.20. The first kappa shape index (κ1) is 17.3. The van der Waals surface area contributed by atoms with Gasteiger partial charge in [-0.05, 0) is 18.2 Å². The number of halogens is 3. The van der Waals surface area contributed by atoms with Gasteiger partial charge in [-0.2, -0.15) is 0 Å². The number of carbonyl (C=O) groups is 1. The standard InChI is InChI=1S/C14H9Cl3N2O4/c15-9-5-4-8(19(21)22)6-11(9)18-13(20)7-23-12-3-1-2-10(16)14(12)17/h1-6H,7H2,(H,18,20). The van der Waals surface area contributed by atoms with Gasteiger partial charge in [0.25, 0.3) is 11.6 Å². The van der Waals surface area contributed by atoms with Crippen molar-refractivity contribution in [3.8, 4) is 5.75 Å². The topological polar surface area (TPSA) is 81.5 Å². The van der Waals surface area contributed by atoms with Gasteiger partial charge in [0, 0.05) is 12.1 Å². The molecule has 23 heavy (non-hydrogen) atoms. The summed E-state index contributed by atoms with van der Waals surface area (Å²) in [5.74, 6) is -0.303. The fraction of sp³-hybridized carbons (Fsp3) is 0.0714. The molecule has 0 bridgehead atoms. The number of carbonyl (C=O) groups excluding carboxylic acids is 1. The highest BCUT2D eigenvalue weighted by atomic mass is 35.5. The van der Waals surface area contributed by atoms with Crippen molar-refractivity contribution in [1.29, 1.82) is 0 Å². The fourth-order valence-corrected chi connectivity index (χ4v) is 2.16. The third-order valence-electron chi connectivity index (χ3n) is 2.71. The van der Waals surface area contributed by atoms with Gasteiger partial charge in [0.05, 0.1) is 20.7 Å². The van der Waals surface area contributed by atoms with Crippen molar-refractivity contribution in [3.05, 3.63) is 61.6 Å². The van der Waals surface area contributed by atoms with Gasteiger partial charge in [-0.3, -0.25) is 14.9 Å². The number of nitrogens with one attached hydrogen (secondary N) is 1. The Labute approximate surface area is 146 Å². The Bertz CT molecular complexity index is 768. The summed E-state index contributed by atoms with van der Waals surface area (Å²) >= 11 is 17.7. The van der Waals surface area contributed by atoms with Crippen LogP contribution in [0.1, 0.15) is 0 Å². The van der Waals surface area contributed by atoms with E-state index in [2.05, 4.69) is 5.32 Å². The molecule has 0 aliphatic heterocycles. The summed E-state index contributed by atoms with van der Waals surface area (Å²) in [6.07, 6.45) is 0. The molecule has 2 aromatic rings. The van der Waals surface area contributed by atoms with Crippen LogP contribution in [0.2, 0.25) is 15.1 Å². The number of nitro groups is 1. The summed E-state index contributed by atoms with van der Waals surface area (Å²) in [6.45, 7) is -0.362. The minimum atomic E-state index is -0.589. The van der Waals surface area contributed by atoms with Gasteiger partial charge in [0.2, 0.25) is 0 Å². The number of rotatable bonds is 5. The molecule has 0 radical (unpaired) electrons. The number of benzene rings is 2. The summed E-state index contributed by atoms with van der Waals surface area (Å²) in [7, 11) is 0. The molecule has 1 N–H and O–H groups in total. The van der Waals surface area contributed by atoms with Crippen molar-refractivity contribution in [3.63, 3.8) is 0 Å². The summed E-state index contributed by atoms with van der Waals surface area (Å²) in [5, 5.41) is 13.8. The Hall–Kier alpha value is -2.02. The lowest BCUT2D eigenvalue weighted by molar-refractivity contribution is -0.384. The second-order valence-corrected chi connectivity index (χ2v) is 5.50. The van der Waals surface area contributed by atoms with Crippen molar-refractivity contribution < 1.29 is 14.5 Å². The van der Waals surface area contributed by atoms with E-state index in [0.717, 1.165) is 6.07 Å². The number of nitro benzene ring substituents is 1. The molecule has 0 unspecified atom stereocenters. The van der Waals surface area contributed by atoms with E-state index >= 15 is 0 Å². The van der Waals surface area contributed by atoms with Crippen LogP contribution in [0.4, 0.5) is 11.4 Å². The second kappa shape index (κ2) is 7.50. The minimum absolute atomic E-state index is 0.117. The Balaban J connectivity index is 2.04. The normalized spacial score (nSPS) is 10.2. The molecular weight excluding hydrogens is 367 g/mol. The molecule has 0 atom stereocenters. The van der Waals surface area contributed by atoms with Crippen LogP contribution >= 0.6 is 34.8 Å². The van der Waals surface area contributed by atoms with Crippen LogP contribution < -0.4 is 10.1 Å². The lowest BCUT2D eigenvalue weighted by Gasteiger charge is -2.10. The number of hydrogen-bond acceptors (Lipinski definition) is 4. The molecule has 0 spiro atoms. The molecule has 0 saturated carbocycles. The van der Waals surface area contributed by atoms with Crippen LogP contribution in [0.25, 0.3) is 0 Å². The third kappa shape index (κ3) is 4.48. The lowest BCUT2D eigenvalue weighted by atomic mass is 10.3. The van der Waals surface area contributed by atoms with Gasteiger partial charge in [-0.15, -0.1) is 0 Å². The molecule has 0 heterocycles. The number of amides is 1. The molecule has 0 aliphatic carbocycles. The van der Waals surface area contributed by atoms with Gasteiger partial charge < -0.3 is 10.1 Å². The monoisotopic (exact) mass is 374 g/mol. The second-order valence-electron chi connectivity index (χ2n) is 4.31. The summed E-state index contributed by atoms with van der Waals surface area (Å²) in [5.41, 5.74) is -0.0739. The molecule has 2 aromatic carbocycles. The maximum Gasteiger partial charge on any atom is 0.271 e. The number of non-ortho nitro benzene ring substituents is 1. The summed E-state index contributed by atoms with van der Waals surface area (Å²) in [4.78, 5) is 22.0. The minimum Gasteiger partial charge on any atom is -0.482 e. The van der Waals surface area contributed by atoms with Crippen LogP contribution in [0.3, 0.4) is 0 Å². The van der Waals surface area contributed by atoms with Crippen LogP contribution in [0.15, 0.2) is 36.4 Å². The van der Waals surface area contributed by atoms with Crippen molar-refractivity contribution in [2.24, 2.45) is 0 Å². The highest BCUT2D eigenvalue weighted by Crippen LogP contribution is 2.31. The Morgan fingerprint density at radius 1 is 1.17 bits per heavy atom. The van der Waals surface area contributed by atoms with Gasteiger partial charge in [0.15, 0.2) is 6.61 Å². The maximum atomic E-state index is 11.9. The average molecular weight is 376 g/mol. The maximum absolute atomic E-state index is 11.9. The van der Waals surface area contributed by atoms with Gasteiger partial charge in [-0.1, -0.05) is 40.9 Å². The Kier molecular flexibility index (Phi) is 5.65. The Morgan fingerprint density at radius 3 is 2.61 bits per heavy atom. The number of hydrogen-bond donors (Lipinski definition) is 1. The van der Waals surface area contributed by atoms with Gasteiger partial charge in [-0.25, -0.2) is 0 Å². The highest BCUT2D eigenvalue weighted by Gasteiger charge is 2.13. The summed E-state index contributed by atoms with van der Waals surface area (Å²) in [6, 6.07) is 8.48. The van der Waals surface area contributed by atoms with E-state index in [9.17, 15) is 14.9 Å². The van der Waals surface area contributed by atoms with E-state index in [-0.39, 0.29) is 33.8 Å². The van der Waals surface area contributed by atoms with E-state index in [1.807, 2.05) is 0 Å². The summed E-state index contributed by atoms with van der Waals surface area (Å²) < 4.78 is 5.26. The quantitative estimate of drug-likeness (QED) is 0.613. The highest BCUT2D eigenvalue weighted by molar-refractivity contribution is 6.42. The molecule has 0 fully saturated rings. The van der Waals surface area contributed by atoms with Crippen LogP contribution in [-0.4, -0.2) is 17.4 Å². The first-order chi connectivity index (χ1) is 10.9. The predicted octanol–water partition coefficient (Wildman–Crippen LogP) is 4.57. The molecule has 1 amide bonds. The zero-order valence-electron chi connectivity index (χ0n) is 11.4. The van der Waals surface area contributed by atoms with Gasteiger partial charge in [0.1, 0.15) is 10.8 Å². The number of anilines is 1. The van der Waals surface area contributed by atoms with E-state index in [4.69, 9.17) is 39.5 Å². The van der Waals surface area contributed by atoms with Gasteiger partial charge >= 0.3 is 0 Å². The predicted molar refractivity (Wildman–Crippen MR) is 88.7 cm³/mol. The van der Waals surface area contributed by atoms with E-state index in [1.165, 1.54) is 12.1 Å².